The molecule has 2 fully saturated rings. The Balaban J connectivity index is 1.69. The van der Waals surface area contributed by atoms with Gasteiger partial charge in [-0.15, -0.1) is 0 Å². The Hall–Kier alpha value is -0.0400. The predicted molar refractivity (Wildman–Crippen MR) is 47.5 cm³/mol. The summed E-state index contributed by atoms with van der Waals surface area (Å²) in [5.74, 6) is 1.03. The van der Waals surface area contributed by atoms with Crippen LogP contribution in [-0.2, 0) is 0 Å². The zero-order valence-corrected chi connectivity index (χ0v) is 7.91. The van der Waals surface area contributed by atoms with Gasteiger partial charge in [0.1, 0.15) is 0 Å². The highest BCUT2D eigenvalue weighted by molar-refractivity contribution is 5.13. The summed E-state index contributed by atoms with van der Waals surface area (Å²) in [7, 11) is 0. The summed E-state index contributed by atoms with van der Waals surface area (Å²) >= 11 is 0. The first-order chi connectivity index (χ1) is 5.02. The third-order valence-corrected chi connectivity index (χ3v) is 3.13. The molecule has 0 aromatic heterocycles. The molecule has 0 saturated heterocycles. The number of hydrogen-bond acceptors (Lipinski definition) is 1. The summed E-state index contributed by atoms with van der Waals surface area (Å²) in [5, 5.41) is 3.58. The molecule has 64 valence electrons. The van der Waals surface area contributed by atoms with Crippen LogP contribution in [0.3, 0.4) is 0 Å². The van der Waals surface area contributed by atoms with Gasteiger partial charge in [0, 0.05) is 5.54 Å². The van der Waals surface area contributed by atoms with Crippen LogP contribution in [0.15, 0.2) is 0 Å². The number of hydrogen-bond donors (Lipinski definition) is 1. The monoisotopic (exact) mass is 153 g/mol. The molecule has 1 unspecified atom stereocenters. The highest BCUT2D eigenvalue weighted by Crippen LogP contribution is 2.70. The second kappa shape index (κ2) is 2.01. The maximum Gasteiger partial charge on any atom is 0.00966 e. The average molecular weight is 153 g/mol. The van der Waals surface area contributed by atoms with Gasteiger partial charge in [0.25, 0.3) is 0 Å². The van der Waals surface area contributed by atoms with Gasteiger partial charge in [0.15, 0.2) is 0 Å². The second-order valence-corrected chi connectivity index (χ2v) is 5.39. The van der Waals surface area contributed by atoms with Gasteiger partial charge in [-0.1, -0.05) is 0 Å². The van der Waals surface area contributed by atoms with Gasteiger partial charge in [-0.25, -0.2) is 0 Å². The highest BCUT2D eigenvalue weighted by atomic mass is 15.0. The summed E-state index contributed by atoms with van der Waals surface area (Å²) in [6.45, 7) is 7.99. The molecular formula is C10H19N. The van der Waals surface area contributed by atoms with Crippen LogP contribution in [0, 0.1) is 11.3 Å². The van der Waals surface area contributed by atoms with E-state index in [0.717, 1.165) is 11.3 Å². The van der Waals surface area contributed by atoms with Crippen LogP contribution in [0.5, 0.6) is 0 Å². The van der Waals surface area contributed by atoms with Gasteiger partial charge >= 0.3 is 0 Å². The van der Waals surface area contributed by atoms with E-state index < -0.39 is 0 Å². The van der Waals surface area contributed by atoms with Gasteiger partial charge in [-0.3, -0.25) is 0 Å². The van der Waals surface area contributed by atoms with Crippen LogP contribution < -0.4 is 5.32 Å². The van der Waals surface area contributed by atoms with E-state index in [0.29, 0.717) is 5.54 Å². The van der Waals surface area contributed by atoms with Crippen molar-refractivity contribution >= 4 is 0 Å². The molecule has 0 heterocycles. The molecule has 0 aliphatic heterocycles. The van der Waals surface area contributed by atoms with Crippen molar-refractivity contribution in [1.29, 1.82) is 0 Å². The van der Waals surface area contributed by atoms with Gasteiger partial charge in [-0.2, -0.15) is 0 Å². The van der Waals surface area contributed by atoms with E-state index in [-0.39, 0.29) is 0 Å². The van der Waals surface area contributed by atoms with Gasteiger partial charge in [0.2, 0.25) is 0 Å². The molecule has 2 aliphatic rings. The molecule has 0 aromatic rings. The van der Waals surface area contributed by atoms with Crippen molar-refractivity contribution in [1.82, 2.24) is 5.32 Å². The SMILES string of the molecule is CC(C)(C)NCC1CC12CC2. The lowest BCUT2D eigenvalue weighted by Crippen LogP contribution is -2.37. The van der Waals surface area contributed by atoms with Crippen LogP contribution in [0.1, 0.15) is 40.0 Å². The highest BCUT2D eigenvalue weighted by Gasteiger charge is 2.61. The number of nitrogens with one attached hydrogen (secondary N) is 1. The zero-order valence-electron chi connectivity index (χ0n) is 7.91. The topological polar surface area (TPSA) is 12.0 Å². The molecule has 11 heavy (non-hydrogen) atoms. The summed E-state index contributed by atoms with van der Waals surface area (Å²) in [6, 6.07) is 0. The summed E-state index contributed by atoms with van der Waals surface area (Å²) in [4.78, 5) is 0. The quantitative estimate of drug-likeness (QED) is 0.641. The largest absolute Gasteiger partial charge is 0.312 e. The average Bonchev–Trinajstić information content (AvgIpc) is 2.70. The molecule has 1 N–H and O–H groups in total. The fourth-order valence-electron chi connectivity index (χ4n) is 1.92. The third kappa shape index (κ3) is 1.58. The summed E-state index contributed by atoms with van der Waals surface area (Å²) in [6.07, 6.45) is 4.54. The molecule has 2 aliphatic carbocycles. The summed E-state index contributed by atoms with van der Waals surface area (Å²) < 4.78 is 0. The molecule has 2 saturated carbocycles. The minimum Gasteiger partial charge on any atom is -0.312 e. The van der Waals surface area contributed by atoms with Crippen LogP contribution in [0.2, 0.25) is 0 Å². The second-order valence-electron chi connectivity index (χ2n) is 5.39. The van der Waals surface area contributed by atoms with E-state index in [1.165, 1.54) is 25.8 Å². The van der Waals surface area contributed by atoms with E-state index in [1.54, 1.807) is 0 Å². The molecule has 1 atom stereocenters. The lowest BCUT2D eigenvalue weighted by atomic mass is 10.1. The molecular weight excluding hydrogens is 134 g/mol. The fraction of sp³-hybridized carbons (Fsp3) is 1.00. The Kier molecular flexibility index (Phi) is 1.39. The van der Waals surface area contributed by atoms with E-state index >= 15 is 0 Å². The molecule has 0 aromatic carbocycles. The maximum atomic E-state index is 3.58. The molecule has 1 heteroatoms. The molecule has 1 nitrogen and oxygen atoms in total. The van der Waals surface area contributed by atoms with Crippen molar-refractivity contribution < 1.29 is 0 Å². The fourth-order valence-corrected chi connectivity index (χ4v) is 1.92. The lowest BCUT2D eigenvalue weighted by Gasteiger charge is -2.20. The van der Waals surface area contributed by atoms with Crippen LogP contribution >= 0.6 is 0 Å². The Morgan fingerprint density at radius 3 is 2.36 bits per heavy atom. The Labute approximate surface area is 69.6 Å². The van der Waals surface area contributed by atoms with Gasteiger partial charge in [-0.05, 0) is 57.9 Å². The van der Waals surface area contributed by atoms with E-state index in [2.05, 4.69) is 26.1 Å². The first-order valence-electron chi connectivity index (χ1n) is 4.77. The van der Waals surface area contributed by atoms with Gasteiger partial charge in [0.05, 0.1) is 0 Å². The van der Waals surface area contributed by atoms with E-state index in [9.17, 15) is 0 Å². The van der Waals surface area contributed by atoms with E-state index in [1.807, 2.05) is 0 Å². The van der Waals surface area contributed by atoms with Crippen LogP contribution in [-0.4, -0.2) is 12.1 Å². The van der Waals surface area contributed by atoms with Crippen molar-refractivity contribution in [2.75, 3.05) is 6.54 Å². The van der Waals surface area contributed by atoms with Crippen molar-refractivity contribution in [2.24, 2.45) is 11.3 Å². The maximum absolute atomic E-state index is 3.58. The minimum atomic E-state index is 0.318. The molecule has 0 radical (unpaired) electrons. The minimum absolute atomic E-state index is 0.318. The number of rotatable bonds is 2. The zero-order chi connectivity index (χ0) is 8.11. The molecule has 0 bridgehead atoms. The summed E-state index contributed by atoms with van der Waals surface area (Å²) in [5.41, 5.74) is 1.19. The lowest BCUT2D eigenvalue weighted by molar-refractivity contribution is 0.408. The Morgan fingerprint density at radius 1 is 1.36 bits per heavy atom. The normalized spacial score (nSPS) is 32.5. The van der Waals surface area contributed by atoms with Crippen molar-refractivity contribution in [3.63, 3.8) is 0 Å². The standard InChI is InChI=1S/C10H19N/c1-9(2,3)11-7-8-6-10(8)4-5-10/h8,11H,4-7H2,1-3H3. The molecule has 0 amide bonds. The molecule has 2 rings (SSSR count). The van der Waals surface area contributed by atoms with Crippen molar-refractivity contribution in [3.8, 4) is 0 Å². The first kappa shape index (κ1) is 7.60. The van der Waals surface area contributed by atoms with Crippen molar-refractivity contribution in [2.45, 2.75) is 45.6 Å². The van der Waals surface area contributed by atoms with Crippen LogP contribution in [0.25, 0.3) is 0 Å². The van der Waals surface area contributed by atoms with Crippen molar-refractivity contribution in [3.05, 3.63) is 0 Å². The molecule has 1 spiro atoms. The Morgan fingerprint density at radius 2 is 2.00 bits per heavy atom. The third-order valence-electron chi connectivity index (χ3n) is 3.13. The first-order valence-corrected chi connectivity index (χ1v) is 4.77. The van der Waals surface area contributed by atoms with E-state index in [4.69, 9.17) is 0 Å². The predicted octanol–water partition coefficient (Wildman–Crippen LogP) is 2.17. The van der Waals surface area contributed by atoms with Crippen LogP contribution in [0.4, 0.5) is 0 Å². The Bertz CT molecular complexity index is 162. The van der Waals surface area contributed by atoms with Gasteiger partial charge < -0.3 is 5.32 Å². The smallest absolute Gasteiger partial charge is 0.00966 e.